The first kappa shape index (κ1) is 67.8. The van der Waals surface area contributed by atoms with E-state index in [-0.39, 0.29) is 191 Å². The Balaban J connectivity index is 0.00000861. The first-order chi connectivity index (χ1) is 35.4. The number of fused-ring (bicyclic) bond motifs is 2. The van der Waals surface area contributed by atoms with Gasteiger partial charge in [0.05, 0.1) is 34.1 Å². The van der Waals surface area contributed by atoms with Crippen molar-refractivity contribution in [2.24, 2.45) is 28.2 Å². The van der Waals surface area contributed by atoms with Gasteiger partial charge < -0.3 is 55.9 Å². The van der Waals surface area contributed by atoms with Gasteiger partial charge in [-0.3, -0.25) is 37.4 Å². The van der Waals surface area contributed by atoms with Crippen molar-refractivity contribution in [1.82, 2.24) is 18.3 Å². The molecular weight excluding hydrogens is 1170 g/mol. The maximum Gasteiger partial charge on any atom is 1.00 e. The molecule has 0 saturated carbocycles. The van der Waals surface area contributed by atoms with Crippen molar-refractivity contribution >= 4 is 126 Å². The fourth-order valence-corrected chi connectivity index (χ4v) is 11.5. The Morgan fingerprint density at radius 2 is 0.650 bits per heavy atom. The van der Waals surface area contributed by atoms with Crippen LogP contribution in [0.1, 0.15) is 47.7 Å². The average molecular weight is 1220 g/mol. The maximum absolute atomic E-state index is 13.6. The van der Waals surface area contributed by atoms with Crippen molar-refractivity contribution in [3.8, 4) is 0 Å². The number of anilines is 6. The van der Waals surface area contributed by atoms with E-state index in [2.05, 4.69) is 31.9 Å². The molecule has 8 rings (SSSR count). The Labute approximate surface area is 549 Å². The van der Waals surface area contributed by atoms with Gasteiger partial charge in [0.2, 0.25) is 0 Å². The van der Waals surface area contributed by atoms with Gasteiger partial charge in [-0.05, 0) is 47.2 Å². The molecule has 0 saturated heterocycles. The van der Waals surface area contributed by atoms with E-state index in [1.165, 1.54) is 144 Å². The smallest absolute Gasteiger partial charge is 1.00 e. The molecule has 0 aliphatic rings. The van der Waals surface area contributed by atoms with Gasteiger partial charge in [-0.1, -0.05) is 48.5 Å². The Bertz CT molecular complexity index is 4060. The number of benzene rings is 4. The van der Waals surface area contributed by atoms with Crippen LogP contribution in [0.3, 0.4) is 0 Å². The largest absolute Gasteiger partial charge is 1.00 e. The maximum atomic E-state index is 13.6. The topological polar surface area (TPSA) is 395 Å². The van der Waals surface area contributed by atoms with E-state index < -0.39 is 101 Å². The van der Waals surface area contributed by atoms with E-state index in [0.29, 0.717) is 0 Å². The van der Waals surface area contributed by atoms with Gasteiger partial charge in [0.1, 0.15) is 42.4 Å². The molecule has 80 heavy (non-hydrogen) atoms. The summed E-state index contributed by atoms with van der Waals surface area (Å²) in [6.07, 6.45) is 5.38. The summed E-state index contributed by atoms with van der Waals surface area (Å²) >= 11 is 0. The van der Waals surface area contributed by atoms with E-state index in [1.807, 2.05) is 0 Å². The summed E-state index contributed by atoms with van der Waals surface area (Å²) in [4.78, 5) is 63.1. The molecular formula is C45H44N10Na4O17S4. The summed E-state index contributed by atoms with van der Waals surface area (Å²) in [6, 6.07) is 16.8. The third-order valence-electron chi connectivity index (χ3n) is 11.5. The van der Waals surface area contributed by atoms with Gasteiger partial charge >= 0.3 is 124 Å². The van der Waals surface area contributed by atoms with Crippen LogP contribution in [0.4, 0.5) is 38.9 Å². The van der Waals surface area contributed by atoms with Crippen LogP contribution in [-0.2, 0) is 68.7 Å². The van der Waals surface area contributed by atoms with Gasteiger partial charge in [0.15, 0.2) is 0 Å². The summed E-state index contributed by atoms with van der Waals surface area (Å²) in [5.74, 6) is -3.69. The summed E-state index contributed by atoms with van der Waals surface area (Å²) in [6.45, 7) is 0. The molecule has 0 aliphatic heterocycles. The fourth-order valence-electron chi connectivity index (χ4n) is 8.23. The standard InChI is InChI=1S/C45H40N10O17S4.4Na.4H/c1-52-19-25(15-33(52)43(58)50-37-35(73(61,62)63)13-23-9-5-7-11-29(23)39(37)75(67,68)69)46-41(56)31-17-27(21-54(31)3)48-45(60)49-28-18-32(55(4)22-28)42(57)47-26-16-34(53(2)20-26)44(59)51-38-36(74(64,65)66)14-24-10-6-8-12-30(24)40(38)76(70,71)72;;;;;;;;/h5-22H,1-4H3,(H,46,56)(H,47,57)(H,50,58)(H,51,59)(H2,48,49,60)(H,61,62,63)(H,64,65,66)(H,67,68,69)(H,70,71,72);;;;;;;;/q;4*+1;4*-1. The van der Waals surface area contributed by atoms with Crippen molar-refractivity contribution in [3.63, 3.8) is 0 Å². The third kappa shape index (κ3) is 14.7. The number of carbonyl (C=O) groups is 5. The Hall–Kier alpha value is -4.69. The first-order valence-corrected chi connectivity index (χ1v) is 27.2. The van der Waals surface area contributed by atoms with Crippen LogP contribution in [0.2, 0.25) is 0 Å². The van der Waals surface area contributed by atoms with Crippen LogP contribution in [0.15, 0.2) is 129 Å². The Morgan fingerprint density at radius 1 is 0.388 bits per heavy atom. The van der Waals surface area contributed by atoms with Crippen LogP contribution >= 0.6 is 0 Å². The monoisotopic (exact) mass is 1220 g/mol. The fraction of sp³-hybridized carbons (Fsp3) is 0.0889. The Morgan fingerprint density at radius 3 is 0.925 bits per heavy atom. The van der Waals surface area contributed by atoms with Gasteiger partial charge in [0, 0.05) is 63.8 Å². The zero-order chi connectivity index (χ0) is 55.6. The first-order valence-electron chi connectivity index (χ1n) is 21.4. The molecule has 0 aliphatic carbocycles. The molecule has 404 valence electrons. The number of amides is 6. The number of hydrogen-bond acceptors (Lipinski definition) is 13. The minimum absolute atomic E-state index is 0. The van der Waals surface area contributed by atoms with E-state index in [9.17, 15) is 75.9 Å². The van der Waals surface area contributed by atoms with Crippen LogP contribution in [0.5, 0.6) is 0 Å². The predicted molar refractivity (Wildman–Crippen MR) is 278 cm³/mol. The SMILES string of the molecule is Cn1cc(NC(=O)Nc2cc(C(=O)Nc3cc(C(=O)Nc4c(S(=O)(=O)O)cc5ccccc5c4S(=O)(=O)O)n(C)c3)n(C)c2)cc1C(=O)Nc1cc(C(=O)Nc2c(S(=O)(=O)O)cc3ccccc3c2S(=O)(=O)O)n(C)c1.[H-].[H-].[H-].[H-].[Na+].[Na+].[Na+].[Na+]. The number of carbonyl (C=O) groups excluding carboxylic acids is 5. The van der Waals surface area contributed by atoms with Crippen LogP contribution in [0.25, 0.3) is 21.5 Å². The summed E-state index contributed by atoms with van der Waals surface area (Å²) in [5, 5.41) is 14.3. The van der Waals surface area contributed by atoms with E-state index >= 15 is 0 Å². The second kappa shape index (κ2) is 25.8. The molecule has 27 nitrogen and oxygen atoms in total. The quantitative estimate of drug-likeness (QED) is 0.0357. The normalized spacial score (nSPS) is 11.5. The molecule has 10 N–H and O–H groups in total. The number of rotatable bonds is 14. The molecule has 4 heterocycles. The van der Waals surface area contributed by atoms with Crippen LogP contribution in [0, 0.1) is 0 Å². The van der Waals surface area contributed by atoms with Crippen molar-refractivity contribution in [2.75, 3.05) is 31.9 Å². The predicted octanol–water partition coefficient (Wildman–Crippen LogP) is -6.55. The summed E-state index contributed by atoms with van der Waals surface area (Å²) in [7, 11) is -15.1. The molecule has 0 bridgehead atoms. The van der Waals surface area contributed by atoms with E-state index in [1.54, 1.807) is 0 Å². The number of aromatic nitrogens is 4. The van der Waals surface area contributed by atoms with Gasteiger partial charge in [-0.2, -0.15) is 33.7 Å². The molecule has 6 amide bonds. The third-order valence-corrected chi connectivity index (χ3v) is 15.1. The van der Waals surface area contributed by atoms with Crippen LogP contribution < -0.4 is 150 Å². The van der Waals surface area contributed by atoms with Gasteiger partial charge in [-0.15, -0.1) is 0 Å². The van der Waals surface area contributed by atoms with Crippen molar-refractivity contribution in [2.45, 2.75) is 19.6 Å². The Kier molecular flexibility index (Phi) is 21.9. The molecule has 0 fully saturated rings. The second-order valence-corrected chi connectivity index (χ2v) is 22.3. The van der Waals surface area contributed by atoms with Crippen molar-refractivity contribution in [1.29, 1.82) is 0 Å². The summed E-state index contributed by atoms with van der Waals surface area (Å²) in [5.41, 5.74) is -2.04. The second-order valence-electron chi connectivity index (χ2n) is 16.8. The molecule has 35 heteroatoms. The molecule has 0 unspecified atom stereocenters. The number of hydrogen-bond donors (Lipinski definition) is 10. The molecule has 4 aromatic carbocycles. The van der Waals surface area contributed by atoms with Gasteiger partial charge in [0.25, 0.3) is 64.1 Å². The van der Waals surface area contributed by atoms with E-state index in [0.717, 1.165) is 12.1 Å². The van der Waals surface area contributed by atoms with Crippen molar-refractivity contribution in [3.05, 3.63) is 132 Å². The average Bonchev–Trinajstić information content (AvgIpc) is 4.08. The summed E-state index contributed by atoms with van der Waals surface area (Å²) < 4.78 is 145. The minimum atomic E-state index is -5.22. The zero-order valence-corrected chi connectivity index (χ0v) is 54.7. The zero-order valence-electron chi connectivity index (χ0n) is 47.4. The van der Waals surface area contributed by atoms with Gasteiger partial charge in [-0.25, -0.2) is 4.79 Å². The minimum Gasteiger partial charge on any atom is -1.00 e. The molecule has 0 atom stereocenters. The van der Waals surface area contributed by atoms with Crippen LogP contribution in [-0.4, -0.2) is 99.8 Å². The molecule has 0 spiro atoms. The number of nitrogens with zero attached hydrogens (tertiary/aromatic N) is 4. The molecule has 4 aromatic heterocycles. The number of aryl methyl sites for hydroxylation is 4. The number of nitrogens with one attached hydrogen (secondary N) is 6. The van der Waals surface area contributed by atoms with Crippen molar-refractivity contribution < 1.29 is 200 Å². The number of urea groups is 1. The molecule has 8 aromatic rings. The van der Waals surface area contributed by atoms with E-state index in [4.69, 9.17) is 0 Å². The molecule has 0 radical (unpaired) electrons.